The molecule has 0 amide bonds. The summed E-state index contributed by atoms with van der Waals surface area (Å²) in [5, 5.41) is 4.30. The number of aliphatic imine (C=N–C) groups is 1. The first-order valence-electron chi connectivity index (χ1n) is 6.74. The molecule has 0 atom stereocenters. The molecule has 0 saturated heterocycles. The highest BCUT2D eigenvalue weighted by atomic mass is 35.5. The van der Waals surface area contributed by atoms with E-state index in [4.69, 9.17) is 16.6 Å². The van der Waals surface area contributed by atoms with Crippen molar-refractivity contribution in [1.29, 1.82) is 0 Å². The van der Waals surface area contributed by atoms with Gasteiger partial charge in [0.15, 0.2) is 0 Å². The minimum atomic E-state index is 0.0135. The third kappa shape index (κ3) is 2.70. The zero-order chi connectivity index (χ0) is 14.2. The molecular formula is C17H17ClN2. The van der Waals surface area contributed by atoms with E-state index < -0.39 is 0 Å². The number of hydrogen-bond donors (Lipinski definition) is 1. The van der Waals surface area contributed by atoms with Crippen molar-refractivity contribution in [3.63, 3.8) is 0 Å². The molecule has 102 valence electrons. The van der Waals surface area contributed by atoms with Crippen LogP contribution in [0.1, 0.15) is 25.8 Å². The average molecular weight is 285 g/mol. The van der Waals surface area contributed by atoms with Gasteiger partial charge in [0.1, 0.15) is 0 Å². The van der Waals surface area contributed by atoms with Crippen molar-refractivity contribution < 1.29 is 0 Å². The van der Waals surface area contributed by atoms with Gasteiger partial charge in [0.25, 0.3) is 0 Å². The van der Waals surface area contributed by atoms with E-state index >= 15 is 0 Å². The van der Waals surface area contributed by atoms with E-state index in [-0.39, 0.29) is 5.54 Å². The van der Waals surface area contributed by atoms with Crippen LogP contribution in [0, 0.1) is 0 Å². The fraction of sp³-hybridized carbons (Fsp3) is 0.235. The lowest BCUT2D eigenvalue weighted by Crippen LogP contribution is -2.38. The molecule has 1 aliphatic rings. The lowest BCUT2D eigenvalue weighted by Gasteiger charge is -2.34. The molecule has 0 fully saturated rings. The van der Waals surface area contributed by atoms with Crippen LogP contribution < -0.4 is 5.32 Å². The molecular weight excluding hydrogens is 268 g/mol. The van der Waals surface area contributed by atoms with Crippen molar-refractivity contribution in [3.05, 3.63) is 59.1 Å². The van der Waals surface area contributed by atoms with Gasteiger partial charge in [0.05, 0.1) is 11.4 Å². The van der Waals surface area contributed by atoms with Crippen LogP contribution in [0.3, 0.4) is 0 Å². The highest BCUT2D eigenvalue weighted by molar-refractivity contribution is 6.30. The molecule has 20 heavy (non-hydrogen) atoms. The number of fused-ring (bicyclic) bond motifs is 1. The molecule has 0 saturated carbocycles. The minimum Gasteiger partial charge on any atom is -0.379 e. The lowest BCUT2D eigenvalue weighted by molar-refractivity contribution is 0.585. The first-order valence-corrected chi connectivity index (χ1v) is 7.12. The van der Waals surface area contributed by atoms with Gasteiger partial charge in [-0.15, -0.1) is 0 Å². The van der Waals surface area contributed by atoms with E-state index in [1.54, 1.807) is 0 Å². The third-order valence-corrected chi connectivity index (χ3v) is 3.66. The summed E-state index contributed by atoms with van der Waals surface area (Å²) in [5.41, 5.74) is 4.40. The Morgan fingerprint density at radius 2 is 1.75 bits per heavy atom. The number of para-hydroxylation sites is 1. The van der Waals surface area contributed by atoms with Gasteiger partial charge in [-0.3, -0.25) is 4.99 Å². The summed E-state index contributed by atoms with van der Waals surface area (Å²) in [6.45, 7) is 4.39. The Morgan fingerprint density at radius 3 is 2.50 bits per heavy atom. The Morgan fingerprint density at radius 1 is 1.05 bits per heavy atom. The summed E-state index contributed by atoms with van der Waals surface area (Å²) >= 11 is 5.92. The first-order chi connectivity index (χ1) is 9.53. The number of rotatable bonds is 1. The summed E-state index contributed by atoms with van der Waals surface area (Å²) < 4.78 is 0. The molecule has 0 aromatic heterocycles. The maximum Gasteiger partial charge on any atom is 0.0634 e. The topological polar surface area (TPSA) is 24.4 Å². The Bertz CT molecular complexity index is 657. The number of nitrogens with zero attached hydrogens (tertiary/aromatic N) is 1. The van der Waals surface area contributed by atoms with Gasteiger partial charge >= 0.3 is 0 Å². The van der Waals surface area contributed by atoms with Crippen LogP contribution in [0.25, 0.3) is 0 Å². The number of anilines is 1. The van der Waals surface area contributed by atoms with Crippen LogP contribution in [-0.2, 0) is 0 Å². The van der Waals surface area contributed by atoms with Crippen LogP contribution in [0.5, 0.6) is 0 Å². The lowest BCUT2D eigenvalue weighted by atomic mass is 9.87. The van der Waals surface area contributed by atoms with Crippen LogP contribution in [0.2, 0.25) is 5.02 Å². The second kappa shape index (κ2) is 4.95. The number of hydrogen-bond acceptors (Lipinski definition) is 2. The van der Waals surface area contributed by atoms with Gasteiger partial charge in [0, 0.05) is 28.2 Å². The van der Waals surface area contributed by atoms with Crippen molar-refractivity contribution in [2.75, 3.05) is 5.32 Å². The van der Waals surface area contributed by atoms with E-state index in [0.717, 1.165) is 28.5 Å². The van der Waals surface area contributed by atoms with Gasteiger partial charge in [0.2, 0.25) is 0 Å². The Balaban J connectivity index is 2.06. The Hall–Kier alpha value is -1.80. The zero-order valence-electron chi connectivity index (χ0n) is 11.7. The predicted molar refractivity (Wildman–Crippen MR) is 86.4 cm³/mol. The van der Waals surface area contributed by atoms with Crippen LogP contribution in [0.4, 0.5) is 11.4 Å². The quantitative estimate of drug-likeness (QED) is 0.778. The molecule has 0 bridgehead atoms. The monoisotopic (exact) mass is 284 g/mol. The molecule has 1 N–H and O–H groups in total. The van der Waals surface area contributed by atoms with Gasteiger partial charge in [-0.25, -0.2) is 0 Å². The summed E-state index contributed by atoms with van der Waals surface area (Å²) in [4.78, 5) is 4.81. The summed E-state index contributed by atoms with van der Waals surface area (Å²) in [6, 6.07) is 16.0. The summed E-state index contributed by atoms with van der Waals surface area (Å²) in [5.74, 6) is 0. The molecule has 3 rings (SSSR count). The smallest absolute Gasteiger partial charge is 0.0634 e. The fourth-order valence-electron chi connectivity index (χ4n) is 2.54. The largest absolute Gasteiger partial charge is 0.379 e. The number of nitrogens with one attached hydrogen (secondary N) is 1. The molecule has 2 aromatic rings. The molecule has 2 nitrogen and oxygen atoms in total. The molecule has 3 heteroatoms. The standard InChI is InChI=1S/C17H17ClN2/c1-17(2)11-16(14-5-3-4-6-15(14)20-17)19-13-9-7-12(18)8-10-13/h3-10,20H,11H2,1-2H3. The minimum absolute atomic E-state index is 0.0135. The van der Waals surface area contributed by atoms with E-state index in [1.807, 2.05) is 30.3 Å². The van der Waals surface area contributed by atoms with E-state index in [2.05, 4.69) is 37.4 Å². The van der Waals surface area contributed by atoms with Crippen molar-refractivity contribution in [2.24, 2.45) is 4.99 Å². The summed E-state index contributed by atoms with van der Waals surface area (Å²) in [6.07, 6.45) is 0.895. The molecule has 0 unspecified atom stereocenters. The van der Waals surface area contributed by atoms with Crippen LogP contribution in [-0.4, -0.2) is 11.3 Å². The second-order valence-electron chi connectivity index (χ2n) is 5.77. The van der Waals surface area contributed by atoms with E-state index in [9.17, 15) is 0 Å². The fourth-order valence-corrected chi connectivity index (χ4v) is 2.66. The maximum atomic E-state index is 5.92. The zero-order valence-corrected chi connectivity index (χ0v) is 12.4. The first kappa shape index (κ1) is 13.2. The molecule has 1 heterocycles. The van der Waals surface area contributed by atoms with E-state index in [1.165, 1.54) is 5.56 Å². The Labute approximate surface area is 124 Å². The van der Waals surface area contributed by atoms with E-state index in [0.29, 0.717) is 0 Å². The Kier molecular flexibility index (Phi) is 3.27. The normalized spacial score (nSPS) is 18.4. The van der Waals surface area contributed by atoms with Crippen LogP contribution >= 0.6 is 11.6 Å². The highest BCUT2D eigenvalue weighted by Gasteiger charge is 2.28. The average Bonchev–Trinajstić information content (AvgIpc) is 2.40. The molecule has 1 aliphatic heterocycles. The van der Waals surface area contributed by atoms with Crippen molar-refractivity contribution in [3.8, 4) is 0 Å². The molecule has 2 aromatic carbocycles. The van der Waals surface area contributed by atoms with Gasteiger partial charge in [-0.05, 0) is 44.2 Å². The van der Waals surface area contributed by atoms with Crippen molar-refractivity contribution >= 4 is 28.7 Å². The third-order valence-electron chi connectivity index (χ3n) is 3.41. The predicted octanol–water partition coefficient (Wildman–Crippen LogP) is 5.06. The highest BCUT2D eigenvalue weighted by Crippen LogP contribution is 2.32. The molecule has 0 aliphatic carbocycles. The van der Waals surface area contributed by atoms with Gasteiger partial charge < -0.3 is 5.32 Å². The number of halogens is 1. The maximum absolute atomic E-state index is 5.92. The second-order valence-corrected chi connectivity index (χ2v) is 6.20. The van der Waals surface area contributed by atoms with Gasteiger partial charge in [-0.2, -0.15) is 0 Å². The SMILES string of the molecule is CC1(C)CC(=Nc2ccc(Cl)cc2)c2ccccc2N1. The van der Waals surface area contributed by atoms with Crippen molar-refractivity contribution in [2.45, 2.75) is 25.8 Å². The molecule has 0 radical (unpaired) electrons. The van der Waals surface area contributed by atoms with Gasteiger partial charge in [-0.1, -0.05) is 29.8 Å². The summed E-state index contributed by atoms with van der Waals surface area (Å²) in [7, 11) is 0. The van der Waals surface area contributed by atoms with Crippen molar-refractivity contribution in [1.82, 2.24) is 0 Å². The number of benzene rings is 2. The molecule has 0 spiro atoms. The van der Waals surface area contributed by atoms with Crippen LogP contribution in [0.15, 0.2) is 53.5 Å².